The smallest absolute Gasteiger partial charge is 0.226 e. The van der Waals surface area contributed by atoms with Gasteiger partial charge in [-0.05, 0) is 36.3 Å². The number of hydrogen-bond donors (Lipinski definition) is 2. The first kappa shape index (κ1) is 21.2. The molecule has 8 heteroatoms. The van der Waals surface area contributed by atoms with Crippen molar-refractivity contribution >= 4 is 23.2 Å². The summed E-state index contributed by atoms with van der Waals surface area (Å²) >= 11 is 0. The van der Waals surface area contributed by atoms with Crippen LogP contribution in [0.2, 0.25) is 0 Å². The van der Waals surface area contributed by atoms with E-state index in [1.165, 1.54) is 4.80 Å². The summed E-state index contributed by atoms with van der Waals surface area (Å²) in [6, 6.07) is 15.1. The van der Waals surface area contributed by atoms with Crippen LogP contribution in [0.15, 0.2) is 48.5 Å². The highest BCUT2D eigenvalue weighted by Gasteiger charge is 2.11. The fraction of sp³-hybridized carbons (Fsp3) is 0.318. The fourth-order valence-corrected chi connectivity index (χ4v) is 2.76. The molecule has 2 N–H and O–H groups in total. The summed E-state index contributed by atoms with van der Waals surface area (Å²) in [5.74, 6) is 0.285. The Bertz CT molecular complexity index is 1010. The molecule has 1 heterocycles. The lowest BCUT2D eigenvalue weighted by molar-refractivity contribution is -0.119. The Morgan fingerprint density at radius 1 is 1.07 bits per heavy atom. The number of hydrogen-bond acceptors (Lipinski definition) is 5. The van der Waals surface area contributed by atoms with E-state index in [1.54, 1.807) is 6.07 Å². The van der Waals surface area contributed by atoms with Crippen LogP contribution in [0.3, 0.4) is 0 Å². The van der Waals surface area contributed by atoms with Gasteiger partial charge in [0.05, 0.1) is 6.54 Å². The molecule has 2 aromatic carbocycles. The van der Waals surface area contributed by atoms with Crippen molar-refractivity contribution in [2.24, 2.45) is 5.92 Å². The number of aryl methyl sites for hydroxylation is 2. The summed E-state index contributed by atoms with van der Waals surface area (Å²) in [6.45, 7) is 6.07. The summed E-state index contributed by atoms with van der Waals surface area (Å²) < 4.78 is 0. The molecule has 0 radical (unpaired) electrons. The monoisotopic (exact) mass is 406 g/mol. The Labute approximate surface area is 175 Å². The van der Waals surface area contributed by atoms with Crippen LogP contribution in [-0.4, -0.2) is 32.0 Å². The largest absolute Gasteiger partial charge is 0.326 e. The molecule has 0 bridgehead atoms. The van der Waals surface area contributed by atoms with E-state index in [1.807, 2.05) is 63.2 Å². The van der Waals surface area contributed by atoms with Crippen LogP contribution in [0.5, 0.6) is 0 Å². The zero-order valence-corrected chi connectivity index (χ0v) is 17.4. The van der Waals surface area contributed by atoms with Gasteiger partial charge in [0, 0.05) is 29.3 Å². The third-order valence-electron chi connectivity index (χ3n) is 4.55. The molecular weight excluding hydrogens is 380 g/mol. The van der Waals surface area contributed by atoms with Crippen molar-refractivity contribution < 1.29 is 9.59 Å². The maximum Gasteiger partial charge on any atom is 0.226 e. The third-order valence-corrected chi connectivity index (χ3v) is 4.55. The molecule has 8 nitrogen and oxygen atoms in total. The molecule has 0 saturated carbocycles. The molecule has 3 aromatic rings. The molecule has 0 aliphatic heterocycles. The van der Waals surface area contributed by atoms with Crippen molar-refractivity contribution in [3.05, 3.63) is 54.1 Å². The second kappa shape index (κ2) is 9.78. The highest BCUT2D eigenvalue weighted by atomic mass is 16.2. The number of carbonyl (C=O) groups excluding carboxylic acids is 2. The average molecular weight is 406 g/mol. The maximum atomic E-state index is 12.4. The van der Waals surface area contributed by atoms with Crippen molar-refractivity contribution in [2.75, 3.05) is 10.6 Å². The van der Waals surface area contributed by atoms with Crippen molar-refractivity contribution in [1.82, 2.24) is 20.2 Å². The second-order valence-electron chi connectivity index (χ2n) is 7.40. The second-order valence-corrected chi connectivity index (χ2v) is 7.40. The Kier molecular flexibility index (Phi) is 6.90. The van der Waals surface area contributed by atoms with E-state index in [-0.39, 0.29) is 17.7 Å². The van der Waals surface area contributed by atoms with Crippen LogP contribution in [0.1, 0.15) is 32.3 Å². The summed E-state index contributed by atoms with van der Waals surface area (Å²) in [4.78, 5) is 25.7. The van der Waals surface area contributed by atoms with E-state index in [0.717, 1.165) is 11.1 Å². The Hall–Kier alpha value is -3.55. The molecule has 0 aliphatic rings. The first-order valence-electron chi connectivity index (χ1n) is 9.97. The number of benzene rings is 2. The highest BCUT2D eigenvalue weighted by Crippen LogP contribution is 2.21. The van der Waals surface area contributed by atoms with Crippen molar-refractivity contribution in [3.8, 4) is 11.4 Å². The number of nitrogens with zero attached hydrogens (tertiary/aromatic N) is 4. The van der Waals surface area contributed by atoms with Crippen LogP contribution in [-0.2, 0) is 16.1 Å². The molecule has 30 heavy (non-hydrogen) atoms. The molecule has 2 amide bonds. The van der Waals surface area contributed by atoms with Gasteiger partial charge in [0.25, 0.3) is 0 Å². The molecule has 0 atom stereocenters. The van der Waals surface area contributed by atoms with Crippen molar-refractivity contribution in [1.29, 1.82) is 0 Å². The predicted octanol–water partition coefficient (Wildman–Crippen LogP) is 3.66. The van der Waals surface area contributed by atoms with Gasteiger partial charge in [-0.2, -0.15) is 4.80 Å². The van der Waals surface area contributed by atoms with E-state index in [0.29, 0.717) is 36.6 Å². The number of aromatic nitrogens is 4. The van der Waals surface area contributed by atoms with Gasteiger partial charge in [0.15, 0.2) is 0 Å². The Balaban J connectivity index is 1.51. The zero-order valence-electron chi connectivity index (χ0n) is 17.4. The van der Waals surface area contributed by atoms with E-state index in [2.05, 4.69) is 26.0 Å². The van der Waals surface area contributed by atoms with E-state index >= 15 is 0 Å². The molecule has 0 fully saturated rings. The Morgan fingerprint density at radius 2 is 1.83 bits per heavy atom. The van der Waals surface area contributed by atoms with Gasteiger partial charge in [-0.3, -0.25) is 9.59 Å². The van der Waals surface area contributed by atoms with Gasteiger partial charge in [-0.1, -0.05) is 50.2 Å². The lowest BCUT2D eigenvalue weighted by atomic mass is 10.1. The minimum atomic E-state index is -0.114. The standard InChI is InChI=1S/C22H26N6O2/c1-15(2)22(30)23-18-12-11-16(3)19(14-18)24-20(29)10-7-13-28-26-21(25-27-28)17-8-5-4-6-9-17/h4-6,8-9,11-12,14-15H,7,10,13H2,1-3H3,(H,23,30)(H,24,29). The van der Waals surface area contributed by atoms with E-state index < -0.39 is 0 Å². The molecule has 0 spiro atoms. The summed E-state index contributed by atoms with van der Waals surface area (Å²) in [5, 5.41) is 18.2. The normalized spacial score (nSPS) is 10.8. The average Bonchev–Trinajstić information content (AvgIpc) is 3.20. The predicted molar refractivity (Wildman–Crippen MR) is 116 cm³/mol. The molecule has 0 saturated heterocycles. The molecule has 0 unspecified atom stereocenters. The number of carbonyl (C=O) groups is 2. The van der Waals surface area contributed by atoms with Gasteiger partial charge >= 0.3 is 0 Å². The SMILES string of the molecule is Cc1ccc(NC(=O)C(C)C)cc1NC(=O)CCCn1nnc(-c2ccccc2)n1. The minimum Gasteiger partial charge on any atom is -0.326 e. The van der Waals surface area contributed by atoms with Gasteiger partial charge in [-0.15, -0.1) is 10.2 Å². The lowest BCUT2D eigenvalue weighted by Crippen LogP contribution is -2.18. The summed E-state index contributed by atoms with van der Waals surface area (Å²) in [6.07, 6.45) is 0.906. The minimum absolute atomic E-state index is 0.0636. The molecule has 156 valence electrons. The summed E-state index contributed by atoms with van der Waals surface area (Å²) in [7, 11) is 0. The third kappa shape index (κ3) is 5.73. The van der Waals surface area contributed by atoms with Crippen LogP contribution in [0.25, 0.3) is 11.4 Å². The van der Waals surface area contributed by atoms with E-state index in [9.17, 15) is 9.59 Å². The topological polar surface area (TPSA) is 102 Å². The van der Waals surface area contributed by atoms with Crippen molar-refractivity contribution in [3.63, 3.8) is 0 Å². The van der Waals surface area contributed by atoms with Crippen LogP contribution in [0.4, 0.5) is 11.4 Å². The van der Waals surface area contributed by atoms with Crippen LogP contribution < -0.4 is 10.6 Å². The molecule has 3 rings (SSSR count). The van der Waals surface area contributed by atoms with Gasteiger partial charge < -0.3 is 10.6 Å². The van der Waals surface area contributed by atoms with Crippen molar-refractivity contribution in [2.45, 2.75) is 40.2 Å². The van der Waals surface area contributed by atoms with Crippen LogP contribution in [0, 0.1) is 12.8 Å². The number of nitrogens with one attached hydrogen (secondary N) is 2. The first-order chi connectivity index (χ1) is 14.4. The quantitative estimate of drug-likeness (QED) is 0.594. The maximum absolute atomic E-state index is 12.4. The number of rotatable bonds is 8. The number of tetrazole rings is 1. The van der Waals surface area contributed by atoms with Gasteiger partial charge in [-0.25, -0.2) is 0 Å². The van der Waals surface area contributed by atoms with E-state index in [4.69, 9.17) is 0 Å². The molecule has 1 aromatic heterocycles. The molecule has 0 aliphatic carbocycles. The van der Waals surface area contributed by atoms with Gasteiger partial charge in [0.1, 0.15) is 0 Å². The fourth-order valence-electron chi connectivity index (χ4n) is 2.76. The number of amides is 2. The Morgan fingerprint density at radius 3 is 2.57 bits per heavy atom. The zero-order chi connectivity index (χ0) is 21.5. The molecular formula is C22H26N6O2. The summed E-state index contributed by atoms with van der Waals surface area (Å²) in [5.41, 5.74) is 3.18. The first-order valence-corrected chi connectivity index (χ1v) is 9.97. The lowest BCUT2D eigenvalue weighted by Gasteiger charge is -2.12. The van der Waals surface area contributed by atoms with Crippen LogP contribution >= 0.6 is 0 Å². The highest BCUT2D eigenvalue weighted by molar-refractivity contribution is 5.95. The number of anilines is 2. The van der Waals surface area contributed by atoms with Gasteiger partial charge in [0.2, 0.25) is 17.6 Å².